The highest BCUT2D eigenvalue weighted by atomic mass is 32.2. The van der Waals surface area contributed by atoms with Crippen LogP contribution >= 0.6 is 0 Å². The molecule has 31 heavy (non-hydrogen) atoms. The Bertz CT molecular complexity index is 1180. The third kappa shape index (κ3) is 4.25. The Labute approximate surface area is 181 Å². The number of para-hydroxylation sites is 2. The van der Waals surface area contributed by atoms with Crippen LogP contribution < -0.4 is 9.04 Å². The number of rotatable bonds is 4. The number of amides is 1. The van der Waals surface area contributed by atoms with E-state index in [4.69, 9.17) is 4.74 Å². The van der Waals surface area contributed by atoms with Gasteiger partial charge in [0.1, 0.15) is 5.75 Å². The Kier molecular flexibility index (Phi) is 5.67. The fraction of sp³-hybridized carbons (Fsp3) is 0.350. The van der Waals surface area contributed by atoms with Gasteiger partial charge >= 0.3 is 0 Å². The van der Waals surface area contributed by atoms with E-state index in [1.54, 1.807) is 54.6 Å². The van der Waals surface area contributed by atoms with Gasteiger partial charge in [0.15, 0.2) is 6.10 Å². The highest BCUT2D eigenvalue weighted by molar-refractivity contribution is 7.92. The summed E-state index contributed by atoms with van der Waals surface area (Å²) in [7, 11) is -7.23. The fourth-order valence-electron chi connectivity index (χ4n) is 3.74. The summed E-state index contributed by atoms with van der Waals surface area (Å²) in [6.07, 6.45) is 0.0889. The normalized spacial score (nSPS) is 20.1. The van der Waals surface area contributed by atoms with Crippen molar-refractivity contribution < 1.29 is 26.4 Å². The van der Waals surface area contributed by atoms with E-state index in [1.165, 1.54) is 13.5 Å². The predicted octanol–water partition coefficient (Wildman–Crippen LogP) is 0.747. The molecule has 0 saturated carbocycles. The first-order valence-electron chi connectivity index (χ1n) is 9.75. The lowest BCUT2D eigenvalue weighted by atomic mass is 10.2. The van der Waals surface area contributed by atoms with E-state index >= 15 is 0 Å². The fourth-order valence-corrected chi connectivity index (χ4v) is 6.10. The summed E-state index contributed by atoms with van der Waals surface area (Å²) in [5.41, 5.74) is 0.396. The summed E-state index contributed by atoms with van der Waals surface area (Å²) >= 11 is 0. The van der Waals surface area contributed by atoms with Gasteiger partial charge in [-0.25, -0.2) is 16.8 Å². The van der Waals surface area contributed by atoms with E-state index in [0.29, 0.717) is 11.4 Å². The van der Waals surface area contributed by atoms with Crippen LogP contribution in [-0.2, 0) is 24.8 Å². The summed E-state index contributed by atoms with van der Waals surface area (Å²) in [5.74, 6) is -0.0391. The number of sulfonamides is 2. The van der Waals surface area contributed by atoms with Crippen LogP contribution in [0.1, 0.15) is 0 Å². The predicted molar refractivity (Wildman–Crippen MR) is 115 cm³/mol. The molecule has 1 fully saturated rings. The number of carbonyl (C=O) groups excluding carboxylic acids is 1. The highest BCUT2D eigenvalue weighted by Gasteiger charge is 2.38. The molecule has 166 valence electrons. The Balaban J connectivity index is 1.47. The van der Waals surface area contributed by atoms with Crippen LogP contribution in [-0.4, -0.2) is 77.0 Å². The smallest absolute Gasteiger partial charge is 0.265 e. The molecule has 2 heterocycles. The average Bonchev–Trinajstić information content (AvgIpc) is 2.78. The third-order valence-electron chi connectivity index (χ3n) is 5.34. The summed E-state index contributed by atoms with van der Waals surface area (Å²) in [6, 6.07) is 14.8. The van der Waals surface area contributed by atoms with Gasteiger partial charge in [-0.2, -0.15) is 4.31 Å². The minimum Gasteiger partial charge on any atom is -0.476 e. The topological polar surface area (TPSA) is 104 Å². The quantitative estimate of drug-likeness (QED) is 0.660. The summed E-state index contributed by atoms with van der Waals surface area (Å²) in [5, 5.41) is 0. The maximum Gasteiger partial charge on any atom is 0.265 e. The molecular formula is C20H23N3O6S2. The van der Waals surface area contributed by atoms with Crippen LogP contribution in [0.2, 0.25) is 0 Å². The second-order valence-corrected chi connectivity index (χ2v) is 11.3. The van der Waals surface area contributed by atoms with Crippen LogP contribution in [0.15, 0.2) is 59.5 Å². The first-order valence-corrected chi connectivity index (χ1v) is 13.0. The van der Waals surface area contributed by atoms with Crippen molar-refractivity contribution >= 4 is 31.6 Å². The lowest BCUT2D eigenvalue weighted by molar-refractivity contribution is -0.139. The number of nitrogens with zero attached hydrogens (tertiary/aromatic N) is 3. The van der Waals surface area contributed by atoms with Crippen LogP contribution in [0.3, 0.4) is 0 Å². The van der Waals surface area contributed by atoms with Crippen LogP contribution in [0.25, 0.3) is 0 Å². The van der Waals surface area contributed by atoms with Gasteiger partial charge in [-0.1, -0.05) is 30.3 Å². The van der Waals surface area contributed by atoms with Gasteiger partial charge in [-0.05, 0) is 24.3 Å². The molecule has 2 aliphatic rings. The Morgan fingerprint density at radius 1 is 0.903 bits per heavy atom. The molecule has 0 bridgehead atoms. The minimum absolute atomic E-state index is 0.128. The molecular weight excluding hydrogens is 442 g/mol. The maximum atomic E-state index is 13.1. The number of benzene rings is 2. The summed E-state index contributed by atoms with van der Waals surface area (Å²) in [6.45, 7) is 0.581. The third-order valence-corrected chi connectivity index (χ3v) is 8.40. The molecule has 0 radical (unpaired) electrons. The summed E-state index contributed by atoms with van der Waals surface area (Å²) < 4.78 is 58.4. The Morgan fingerprint density at radius 3 is 2.16 bits per heavy atom. The van der Waals surface area contributed by atoms with Crippen molar-refractivity contribution in [2.45, 2.75) is 11.0 Å². The SMILES string of the molecule is CS(=O)(=O)N1C[C@H](C(=O)N2CCN(S(=O)(=O)c3ccccc3)CC2)Oc2ccccc21. The maximum absolute atomic E-state index is 13.1. The zero-order valence-corrected chi connectivity index (χ0v) is 18.5. The number of anilines is 1. The number of carbonyl (C=O) groups is 1. The largest absolute Gasteiger partial charge is 0.476 e. The molecule has 0 spiro atoms. The van der Waals surface area contributed by atoms with Crippen molar-refractivity contribution in [3.63, 3.8) is 0 Å². The molecule has 11 heteroatoms. The zero-order valence-electron chi connectivity index (χ0n) is 16.9. The van der Waals surface area contributed by atoms with Gasteiger partial charge < -0.3 is 9.64 Å². The summed E-state index contributed by atoms with van der Waals surface area (Å²) in [4.78, 5) is 14.8. The number of ether oxygens (including phenoxy) is 1. The monoisotopic (exact) mass is 465 g/mol. The molecule has 2 aromatic rings. The van der Waals surface area contributed by atoms with Crippen molar-refractivity contribution in [2.75, 3.05) is 43.3 Å². The molecule has 2 aromatic carbocycles. The molecule has 0 unspecified atom stereocenters. The van der Waals surface area contributed by atoms with Gasteiger partial charge in [-0.15, -0.1) is 0 Å². The second-order valence-electron chi connectivity index (χ2n) is 7.41. The van der Waals surface area contributed by atoms with E-state index in [1.807, 2.05) is 0 Å². The van der Waals surface area contributed by atoms with Crippen molar-refractivity contribution in [1.82, 2.24) is 9.21 Å². The Hall–Kier alpha value is -2.63. The lowest BCUT2D eigenvalue weighted by Crippen LogP contribution is -2.56. The van der Waals surface area contributed by atoms with Crippen molar-refractivity contribution in [2.24, 2.45) is 0 Å². The van der Waals surface area contributed by atoms with Crippen LogP contribution in [0.5, 0.6) is 5.75 Å². The lowest BCUT2D eigenvalue weighted by Gasteiger charge is -2.39. The van der Waals surface area contributed by atoms with E-state index < -0.39 is 26.2 Å². The van der Waals surface area contributed by atoms with Gasteiger partial charge in [-0.3, -0.25) is 9.10 Å². The van der Waals surface area contributed by atoms with E-state index in [9.17, 15) is 21.6 Å². The molecule has 9 nitrogen and oxygen atoms in total. The number of hydrogen-bond donors (Lipinski definition) is 0. The molecule has 0 N–H and O–H groups in total. The highest BCUT2D eigenvalue weighted by Crippen LogP contribution is 2.35. The van der Waals surface area contributed by atoms with E-state index in [-0.39, 0.29) is 43.5 Å². The van der Waals surface area contributed by atoms with Crippen molar-refractivity contribution in [3.05, 3.63) is 54.6 Å². The van der Waals surface area contributed by atoms with Crippen LogP contribution in [0, 0.1) is 0 Å². The van der Waals surface area contributed by atoms with Gasteiger partial charge in [0.25, 0.3) is 5.91 Å². The first-order chi connectivity index (χ1) is 14.7. The van der Waals surface area contributed by atoms with Crippen molar-refractivity contribution in [1.29, 1.82) is 0 Å². The van der Waals surface area contributed by atoms with Gasteiger partial charge in [0.05, 0.1) is 23.4 Å². The number of piperazine rings is 1. The molecule has 1 saturated heterocycles. The molecule has 4 rings (SSSR count). The van der Waals surface area contributed by atoms with Gasteiger partial charge in [0, 0.05) is 26.2 Å². The van der Waals surface area contributed by atoms with Gasteiger partial charge in [0.2, 0.25) is 20.0 Å². The van der Waals surface area contributed by atoms with E-state index in [0.717, 1.165) is 6.26 Å². The second kappa shape index (κ2) is 8.13. The Morgan fingerprint density at radius 2 is 1.52 bits per heavy atom. The van der Waals surface area contributed by atoms with E-state index in [2.05, 4.69) is 0 Å². The molecule has 0 aromatic heterocycles. The molecule has 2 aliphatic heterocycles. The average molecular weight is 466 g/mol. The first kappa shape index (κ1) is 21.6. The molecule has 1 amide bonds. The minimum atomic E-state index is -3.63. The standard InChI is InChI=1S/C20H23N3O6S2/c1-30(25,26)23-15-19(29-18-10-6-5-9-17(18)23)20(24)21-11-13-22(14-12-21)31(27,28)16-7-3-2-4-8-16/h2-10,19H,11-15H2,1H3/t19-/m1/s1. The van der Waals surface area contributed by atoms with Crippen LogP contribution in [0.4, 0.5) is 5.69 Å². The number of fused-ring (bicyclic) bond motifs is 1. The zero-order chi connectivity index (χ0) is 22.2. The number of hydrogen-bond acceptors (Lipinski definition) is 6. The van der Waals surface area contributed by atoms with Crippen molar-refractivity contribution in [3.8, 4) is 5.75 Å². The molecule has 0 aliphatic carbocycles. The molecule has 1 atom stereocenters.